The number of rotatable bonds is 7. The third-order valence-electron chi connectivity index (χ3n) is 11.5. The normalized spacial score (nSPS) is 11.8. The standard InChI is InChI=1S/C53H35N3OSi/c1-4-19-39(20-5-1)58(40-21-6-2-7-22-40,41-23-8-3-9-24-41)42-25-16-18-37(33-42)51-54-52(38-31-32-50-47(35-38)46-29-14-15-30-49(46)57-50)56-53(55-51)48-34-36-17-10-11-26-43(36)44-27-12-13-28-45(44)48/h1-35H. The van der Waals surface area contributed by atoms with Crippen molar-refractivity contribution in [2.75, 3.05) is 0 Å². The van der Waals surface area contributed by atoms with Gasteiger partial charge in [0, 0.05) is 27.5 Å². The van der Waals surface area contributed by atoms with Crippen molar-refractivity contribution in [2.24, 2.45) is 0 Å². The largest absolute Gasteiger partial charge is 0.456 e. The maximum Gasteiger partial charge on any atom is 0.179 e. The molecule has 0 N–H and O–H groups in total. The third kappa shape index (κ3) is 5.55. The van der Waals surface area contributed by atoms with Crippen molar-refractivity contribution >= 4 is 72.3 Å². The Morgan fingerprint density at radius 2 is 0.810 bits per heavy atom. The molecular weight excluding hydrogens is 723 g/mol. The monoisotopic (exact) mass is 757 g/mol. The Morgan fingerprint density at radius 3 is 1.48 bits per heavy atom. The van der Waals surface area contributed by atoms with E-state index in [2.05, 4.69) is 188 Å². The Hall–Kier alpha value is -7.47. The molecule has 0 saturated carbocycles. The summed E-state index contributed by atoms with van der Waals surface area (Å²) in [6.45, 7) is 0. The molecule has 0 bridgehead atoms. The Labute approximate surface area is 336 Å². The average molecular weight is 758 g/mol. The fourth-order valence-corrected chi connectivity index (χ4v) is 13.6. The van der Waals surface area contributed by atoms with Gasteiger partial charge < -0.3 is 4.42 Å². The summed E-state index contributed by atoms with van der Waals surface area (Å²) >= 11 is 0. The van der Waals surface area contributed by atoms with Crippen LogP contribution in [0.5, 0.6) is 0 Å². The minimum atomic E-state index is -2.82. The predicted octanol–water partition coefficient (Wildman–Crippen LogP) is 10.5. The first-order valence-electron chi connectivity index (χ1n) is 19.6. The second kappa shape index (κ2) is 13.9. The number of fused-ring (bicyclic) bond motifs is 6. The molecule has 5 heteroatoms. The lowest BCUT2D eigenvalue weighted by Gasteiger charge is -2.34. The van der Waals surface area contributed by atoms with Gasteiger partial charge in [-0.15, -0.1) is 0 Å². The second-order valence-corrected chi connectivity index (χ2v) is 18.5. The molecule has 2 aromatic heterocycles. The van der Waals surface area contributed by atoms with E-state index in [4.69, 9.17) is 19.4 Å². The summed E-state index contributed by atoms with van der Waals surface area (Å²) < 4.78 is 6.22. The molecule has 0 aliphatic rings. The molecule has 58 heavy (non-hydrogen) atoms. The number of nitrogens with zero attached hydrogens (tertiary/aromatic N) is 3. The third-order valence-corrected chi connectivity index (χ3v) is 16.2. The molecular formula is C53H35N3OSi. The van der Waals surface area contributed by atoms with Crippen molar-refractivity contribution in [3.63, 3.8) is 0 Å². The molecule has 0 fully saturated rings. The summed E-state index contributed by atoms with van der Waals surface area (Å²) in [7, 11) is -2.82. The number of furan rings is 1. The van der Waals surface area contributed by atoms with Gasteiger partial charge in [-0.2, -0.15) is 0 Å². The zero-order valence-electron chi connectivity index (χ0n) is 31.5. The van der Waals surface area contributed by atoms with Crippen LogP contribution in [-0.4, -0.2) is 23.0 Å². The van der Waals surface area contributed by atoms with Gasteiger partial charge in [0.15, 0.2) is 25.5 Å². The lowest BCUT2D eigenvalue weighted by Crippen LogP contribution is -2.74. The fourth-order valence-electron chi connectivity index (χ4n) is 8.82. The molecule has 0 aliphatic heterocycles. The molecule has 0 radical (unpaired) electrons. The van der Waals surface area contributed by atoms with Crippen molar-refractivity contribution in [2.45, 2.75) is 0 Å². The minimum absolute atomic E-state index is 0.604. The van der Waals surface area contributed by atoms with E-state index in [9.17, 15) is 0 Å². The smallest absolute Gasteiger partial charge is 0.179 e. The number of benzene rings is 9. The molecule has 11 rings (SSSR count). The van der Waals surface area contributed by atoms with Crippen LogP contribution in [0.4, 0.5) is 0 Å². The van der Waals surface area contributed by atoms with E-state index in [0.717, 1.165) is 54.8 Å². The molecule has 0 spiro atoms. The molecule has 4 nitrogen and oxygen atoms in total. The van der Waals surface area contributed by atoms with E-state index in [1.54, 1.807) is 0 Å². The molecule has 0 atom stereocenters. The van der Waals surface area contributed by atoms with Gasteiger partial charge >= 0.3 is 0 Å². The predicted molar refractivity (Wildman–Crippen MR) is 242 cm³/mol. The van der Waals surface area contributed by atoms with E-state index >= 15 is 0 Å². The molecule has 11 aromatic rings. The van der Waals surface area contributed by atoms with Crippen LogP contribution < -0.4 is 20.7 Å². The van der Waals surface area contributed by atoms with Crippen LogP contribution in [0, 0.1) is 0 Å². The molecule has 0 unspecified atom stereocenters. The van der Waals surface area contributed by atoms with Crippen LogP contribution in [-0.2, 0) is 0 Å². The van der Waals surface area contributed by atoms with Crippen molar-refractivity contribution in [1.82, 2.24) is 15.0 Å². The van der Waals surface area contributed by atoms with Gasteiger partial charge in [0.25, 0.3) is 0 Å². The Balaban J connectivity index is 1.18. The van der Waals surface area contributed by atoms with Crippen molar-refractivity contribution in [3.05, 3.63) is 212 Å². The van der Waals surface area contributed by atoms with Gasteiger partial charge in [-0.3, -0.25) is 0 Å². The molecule has 9 aromatic carbocycles. The summed E-state index contributed by atoms with van der Waals surface area (Å²) in [5, 5.41) is 11.9. The lowest BCUT2D eigenvalue weighted by atomic mass is 9.97. The van der Waals surface area contributed by atoms with Crippen molar-refractivity contribution < 1.29 is 4.42 Å². The van der Waals surface area contributed by atoms with E-state index in [1.807, 2.05) is 24.3 Å². The highest BCUT2D eigenvalue weighted by Gasteiger charge is 2.41. The first-order valence-corrected chi connectivity index (χ1v) is 21.6. The van der Waals surface area contributed by atoms with Crippen LogP contribution in [0.25, 0.3) is 77.6 Å². The summed E-state index contributed by atoms with van der Waals surface area (Å²) in [5.41, 5.74) is 4.48. The van der Waals surface area contributed by atoms with Crippen molar-refractivity contribution in [3.8, 4) is 34.2 Å². The van der Waals surface area contributed by atoms with Gasteiger partial charge in [-0.05, 0) is 72.6 Å². The number of hydrogen-bond donors (Lipinski definition) is 0. The van der Waals surface area contributed by atoms with Gasteiger partial charge in [0.2, 0.25) is 0 Å². The molecule has 2 heterocycles. The summed E-state index contributed by atoms with van der Waals surface area (Å²) in [6.07, 6.45) is 0. The maximum atomic E-state index is 6.22. The Morgan fingerprint density at radius 1 is 0.310 bits per heavy atom. The highest BCUT2D eigenvalue weighted by atomic mass is 28.3. The highest BCUT2D eigenvalue weighted by Crippen LogP contribution is 2.36. The topological polar surface area (TPSA) is 51.8 Å². The first kappa shape index (κ1) is 33.8. The number of aromatic nitrogens is 3. The van der Waals surface area contributed by atoms with Gasteiger partial charge in [-0.25, -0.2) is 15.0 Å². The van der Waals surface area contributed by atoms with Crippen molar-refractivity contribution in [1.29, 1.82) is 0 Å². The molecule has 0 aliphatic carbocycles. The Kier molecular flexibility index (Phi) is 8.12. The quantitative estimate of drug-likeness (QED) is 0.0923. The molecule has 0 saturated heterocycles. The van der Waals surface area contributed by atoms with Crippen LogP contribution in [0.15, 0.2) is 217 Å². The van der Waals surface area contributed by atoms with E-state index in [0.29, 0.717) is 17.5 Å². The Bertz CT molecular complexity index is 3190. The minimum Gasteiger partial charge on any atom is -0.456 e. The average Bonchev–Trinajstić information content (AvgIpc) is 3.68. The van der Waals surface area contributed by atoms with E-state index < -0.39 is 8.07 Å². The zero-order chi connectivity index (χ0) is 38.5. The van der Waals surface area contributed by atoms with Crippen LogP contribution in [0.1, 0.15) is 0 Å². The summed E-state index contributed by atoms with van der Waals surface area (Å²) in [5.74, 6) is 1.85. The van der Waals surface area contributed by atoms with Gasteiger partial charge in [0.1, 0.15) is 11.2 Å². The summed E-state index contributed by atoms with van der Waals surface area (Å²) in [6, 6.07) is 75.6. The van der Waals surface area contributed by atoms with Crippen LogP contribution >= 0.6 is 0 Å². The lowest BCUT2D eigenvalue weighted by molar-refractivity contribution is 0.669. The summed E-state index contributed by atoms with van der Waals surface area (Å²) in [4.78, 5) is 16.0. The first-order chi connectivity index (χ1) is 28.7. The fraction of sp³-hybridized carbons (Fsp3) is 0. The maximum absolute atomic E-state index is 6.22. The van der Waals surface area contributed by atoms with E-state index in [-0.39, 0.29) is 0 Å². The number of hydrogen-bond acceptors (Lipinski definition) is 4. The van der Waals surface area contributed by atoms with E-state index in [1.165, 1.54) is 26.1 Å². The molecule has 0 amide bonds. The zero-order valence-corrected chi connectivity index (χ0v) is 32.5. The van der Waals surface area contributed by atoms with Gasteiger partial charge in [-0.1, -0.05) is 182 Å². The second-order valence-electron chi connectivity index (χ2n) is 14.7. The van der Waals surface area contributed by atoms with Crippen LogP contribution in [0.2, 0.25) is 0 Å². The van der Waals surface area contributed by atoms with Gasteiger partial charge in [0.05, 0.1) is 0 Å². The number of para-hydroxylation sites is 1. The SMILES string of the molecule is c1ccc([Si](c2ccccc2)(c2ccccc2)c2cccc(-c3nc(-c4ccc5oc6ccccc6c5c4)nc(-c4cc5ccccc5c5ccccc45)n3)c2)cc1. The van der Waals surface area contributed by atoms with Crippen LogP contribution in [0.3, 0.4) is 0 Å². The molecule has 272 valence electrons. The highest BCUT2D eigenvalue weighted by molar-refractivity contribution is 7.19.